The van der Waals surface area contributed by atoms with E-state index in [0.717, 1.165) is 22.9 Å². The first-order valence-electron chi connectivity index (χ1n) is 7.39. The second kappa shape index (κ2) is 5.84. The van der Waals surface area contributed by atoms with Crippen LogP contribution in [0.4, 0.5) is 0 Å². The summed E-state index contributed by atoms with van der Waals surface area (Å²) in [6, 6.07) is 0. The van der Waals surface area contributed by atoms with E-state index < -0.39 is 0 Å². The number of halogens is 1. The lowest BCUT2D eigenvalue weighted by Crippen LogP contribution is -2.53. The third-order valence-corrected chi connectivity index (χ3v) is 6.65. The van der Waals surface area contributed by atoms with Crippen molar-refractivity contribution >= 4 is 27.3 Å². The van der Waals surface area contributed by atoms with E-state index in [1.807, 2.05) is 0 Å². The number of likely N-dealkylation sites (tertiary alicyclic amines) is 1. The van der Waals surface area contributed by atoms with Crippen LogP contribution in [0.5, 0.6) is 0 Å². The summed E-state index contributed by atoms with van der Waals surface area (Å²) in [7, 11) is 0. The molecule has 1 aliphatic heterocycles. The Hall–Kier alpha value is 0.1000. The number of hydrogen-bond acceptors (Lipinski definition) is 3. The molecule has 1 aromatic heterocycles. The Morgan fingerprint density at radius 3 is 2.37 bits per heavy atom. The molecule has 1 atom stereocenters. The van der Waals surface area contributed by atoms with Crippen molar-refractivity contribution < 1.29 is 5.11 Å². The van der Waals surface area contributed by atoms with Gasteiger partial charge in [0.2, 0.25) is 0 Å². The first kappa shape index (κ1) is 14.1. The Labute approximate surface area is 127 Å². The van der Waals surface area contributed by atoms with E-state index >= 15 is 0 Å². The van der Waals surface area contributed by atoms with Crippen LogP contribution in [0.1, 0.15) is 56.6 Å². The van der Waals surface area contributed by atoms with Gasteiger partial charge >= 0.3 is 0 Å². The van der Waals surface area contributed by atoms with Gasteiger partial charge in [0.25, 0.3) is 0 Å². The first-order valence-corrected chi connectivity index (χ1v) is 9.12. The molecule has 0 aromatic carbocycles. The van der Waals surface area contributed by atoms with Crippen LogP contribution in [-0.2, 0) is 0 Å². The van der Waals surface area contributed by atoms with E-state index in [1.54, 1.807) is 11.3 Å². The highest BCUT2D eigenvalue weighted by Crippen LogP contribution is 2.47. The predicted octanol–water partition coefficient (Wildman–Crippen LogP) is 4.34. The Morgan fingerprint density at radius 2 is 1.79 bits per heavy atom. The lowest BCUT2D eigenvalue weighted by molar-refractivity contribution is -0.0406. The molecule has 2 nitrogen and oxygen atoms in total. The van der Waals surface area contributed by atoms with Crippen LogP contribution in [0.2, 0.25) is 0 Å². The number of thiophene rings is 1. The van der Waals surface area contributed by atoms with Crippen molar-refractivity contribution in [1.82, 2.24) is 4.90 Å². The van der Waals surface area contributed by atoms with Crippen LogP contribution < -0.4 is 0 Å². The maximum atomic E-state index is 11.0. The number of aliphatic hydroxyl groups excluding tert-OH is 1. The van der Waals surface area contributed by atoms with E-state index in [4.69, 9.17) is 0 Å². The van der Waals surface area contributed by atoms with Gasteiger partial charge in [-0.3, -0.25) is 4.90 Å². The number of aliphatic hydroxyl groups is 1. The van der Waals surface area contributed by atoms with Crippen LogP contribution in [-0.4, -0.2) is 28.6 Å². The van der Waals surface area contributed by atoms with Gasteiger partial charge in [0.05, 0.1) is 11.6 Å². The molecule has 0 radical (unpaired) electrons. The molecule has 2 fully saturated rings. The molecule has 1 unspecified atom stereocenters. The van der Waals surface area contributed by atoms with Gasteiger partial charge in [-0.1, -0.05) is 19.3 Å². The summed E-state index contributed by atoms with van der Waals surface area (Å²) >= 11 is 5.27. The second-order valence-electron chi connectivity index (χ2n) is 5.94. The molecule has 2 heterocycles. The quantitative estimate of drug-likeness (QED) is 0.882. The zero-order chi connectivity index (χ0) is 13.3. The van der Waals surface area contributed by atoms with Gasteiger partial charge in [-0.15, -0.1) is 0 Å². The molecule has 2 aliphatic rings. The van der Waals surface area contributed by atoms with Crippen LogP contribution in [0, 0.1) is 0 Å². The van der Waals surface area contributed by atoms with Gasteiger partial charge in [-0.25, -0.2) is 0 Å². The minimum atomic E-state index is -0.339. The summed E-state index contributed by atoms with van der Waals surface area (Å²) in [6.07, 6.45) is 8.41. The van der Waals surface area contributed by atoms with Gasteiger partial charge in [-0.2, -0.15) is 11.3 Å². The monoisotopic (exact) mass is 343 g/mol. The van der Waals surface area contributed by atoms with Crippen LogP contribution in [0.25, 0.3) is 0 Å². The molecule has 1 saturated heterocycles. The van der Waals surface area contributed by atoms with E-state index in [-0.39, 0.29) is 11.6 Å². The molecule has 0 bridgehead atoms. The molecule has 0 amide bonds. The van der Waals surface area contributed by atoms with Gasteiger partial charge < -0.3 is 5.11 Å². The second-order valence-corrected chi connectivity index (χ2v) is 7.53. The summed E-state index contributed by atoms with van der Waals surface area (Å²) < 4.78 is 1.08. The van der Waals surface area contributed by atoms with Gasteiger partial charge in [0, 0.05) is 15.4 Å². The summed E-state index contributed by atoms with van der Waals surface area (Å²) in [5.41, 5.74) is 1.10. The normalized spacial score (nSPS) is 25.6. The largest absolute Gasteiger partial charge is 0.386 e. The van der Waals surface area contributed by atoms with Crippen LogP contribution in [0.15, 0.2) is 15.2 Å². The molecule has 4 heteroatoms. The molecule has 19 heavy (non-hydrogen) atoms. The van der Waals surface area contributed by atoms with Gasteiger partial charge in [0.1, 0.15) is 0 Å². The van der Waals surface area contributed by atoms with E-state index in [2.05, 4.69) is 31.6 Å². The Bertz CT molecular complexity index is 422. The molecule has 0 spiro atoms. The van der Waals surface area contributed by atoms with Gasteiger partial charge in [-0.05, 0) is 60.1 Å². The highest BCUT2D eigenvalue weighted by atomic mass is 79.9. The topological polar surface area (TPSA) is 23.5 Å². The lowest BCUT2D eigenvalue weighted by Gasteiger charge is -2.46. The van der Waals surface area contributed by atoms with E-state index in [1.165, 1.54) is 45.2 Å². The zero-order valence-electron chi connectivity index (χ0n) is 11.3. The number of hydrogen-bond donors (Lipinski definition) is 1. The standard InChI is InChI=1S/C15H22BrNOS/c16-13-11-19-10-12(13)14(18)15(6-2-3-7-15)17-8-4-1-5-9-17/h10-11,14,18H,1-9H2. The highest BCUT2D eigenvalue weighted by molar-refractivity contribution is 9.10. The summed E-state index contributed by atoms with van der Waals surface area (Å²) in [6.45, 7) is 2.33. The van der Waals surface area contributed by atoms with Crippen molar-refractivity contribution in [2.24, 2.45) is 0 Å². The third-order valence-electron chi connectivity index (χ3n) is 4.90. The molecule has 1 aromatic rings. The molecule has 1 N–H and O–H groups in total. The Balaban J connectivity index is 1.89. The molecular weight excluding hydrogens is 322 g/mol. The SMILES string of the molecule is OC(c1cscc1Br)C1(N2CCCCC2)CCCC1. The van der Waals surface area contributed by atoms with E-state index in [9.17, 15) is 5.11 Å². The molecule has 1 aliphatic carbocycles. The maximum absolute atomic E-state index is 11.0. The average Bonchev–Trinajstić information content (AvgIpc) is 3.08. The van der Waals surface area contributed by atoms with Crippen molar-refractivity contribution in [3.05, 3.63) is 20.8 Å². The smallest absolute Gasteiger partial charge is 0.0992 e. The highest BCUT2D eigenvalue weighted by Gasteiger charge is 2.46. The lowest BCUT2D eigenvalue weighted by atomic mass is 9.83. The number of rotatable bonds is 3. The minimum absolute atomic E-state index is 0.00398. The zero-order valence-corrected chi connectivity index (χ0v) is 13.7. The van der Waals surface area contributed by atoms with Crippen LogP contribution in [0.3, 0.4) is 0 Å². The minimum Gasteiger partial charge on any atom is -0.386 e. The molecule has 1 saturated carbocycles. The Morgan fingerprint density at radius 1 is 1.11 bits per heavy atom. The summed E-state index contributed by atoms with van der Waals surface area (Å²) in [4.78, 5) is 2.60. The summed E-state index contributed by atoms with van der Waals surface area (Å²) in [5, 5.41) is 15.2. The fourth-order valence-corrected chi connectivity index (χ4v) is 5.40. The number of piperidine rings is 1. The predicted molar refractivity (Wildman–Crippen MR) is 83.6 cm³/mol. The van der Waals surface area contributed by atoms with Crippen molar-refractivity contribution in [2.75, 3.05) is 13.1 Å². The Kier molecular flexibility index (Phi) is 4.32. The van der Waals surface area contributed by atoms with Crippen molar-refractivity contribution in [3.63, 3.8) is 0 Å². The average molecular weight is 344 g/mol. The van der Waals surface area contributed by atoms with E-state index in [0.29, 0.717) is 0 Å². The summed E-state index contributed by atoms with van der Waals surface area (Å²) in [5.74, 6) is 0. The van der Waals surface area contributed by atoms with Crippen molar-refractivity contribution in [2.45, 2.75) is 56.6 Å². The van der Waals surface area contributed by atoms with Crippen molar-refractivity contribution in [1.29, 1.82) is 0 Å². The molecule has 106 valence electrons. The number of nitrogens with zero attached hydrogens (tertiary/aromatic N) is 1. The maximum Gasteiger partial charge on any atom is 0.0992 e. The first-order chi connectivity index (χ1) is 9.24. The van der Waals surface area contributed by atoms with Crippen molar-refractivity contribution in [3.8, 4) is 0 Å². The van der Waals surface area contributed by atoms with Crippen LogP contribution >= 0.6 is 27.3 Å². The molecular formula is C15H22BrNOS. The van der Waals surface area contributed by atoms with Gasteiger partial charge in [0.15, 0.2) is 0 Å². The molecule has 3 rings (SSSR count). The fraction of sp³-hybridized carbons (Fsp3) is 0.733. The fourth-order valence-electron chi connectivity index (χ4n) is 3.86. The third kappa shape index (κ3) is 2.53.